The second kappa shape index (κ2) is 8.18. The maximum absolute atomic E-state index is 13.3. The molecule has 4 aromatic rings. The van der Waals surface area contributed by atoms with Crippen LogP contribution in [0.4, 0.5) is 4.39 Å². The van der Waals surface area contributed by atoms with E-state index in [0.717, 1.165) is 0 Å². The smallest absolute Gasteiger partial charge is 0.228 e. The first-order chi connectivity index (χ1) is 14.3. The summed E-state index contributed by atoms with van der Waals surface area (Å²) in [5.41, 5.74) is 1.43. The second-order valence-electron chi connectivity index (χ2n) is 7.07. The zero-order chi connectivity index (χ0) is 21.3. The van der Waals surface area contributed by atoms with Crippen molar-refractivity contribution in [2.45, 2.75) is 29.6 Å². The van der Waals surface area contributed by atoms with Gasteiger partial charge in [0.15, 0.2) is 5.09 Å². The standard InChI is InChI=1S/C22H17ClFN3O2S/c1-22(2,28)14-5-9-17(25-11-14)19-21(30-18-10-6-15(23)12-26-18)29-20(27-19)13-3-7-16(24)8-4-13/h3-12,28H,1-2H3. The normalized spacial score (nSPS) is 11.6. The fraction of sp³-hybridized carbons (Fsp3) is 0.136. The Hall–Kier alpha value is -2.74. The van der Waals surface area contributed by atoms with Crippen molar-refractivity contribution in [1.82, 2.24) is 15.0 Å². The van der Waals surface area contributed by atoms with Crippen LogP contribution in [0.25, 0.3) is 22.8 Å². The molecular weight excluding hydrogens is 425 g/mol. The number of pyridine rings is 2. The van der Waals surface area contributed by atoms with Crippen molar-refractivity contribution in [3.8, 4) is 22.8 Å². The largest absolute Gasteiger partial charge is 0.429 e. The van der Waals surface area contributed by atoms with Crippen LogP contribution in [-0.4, -0.2) is 20.1 Å². The molecule has 0 spiro atoms. The van der Waals surface area contributed by atoms with Crippen LogP contribution in [0.5, 0.6) is 0 Å². The average Bonchev–Trinajstić information content (AvgIpc) is 3.13. The Kier molecular flexibility index (Phi) is 5.60. The molecule has 3 heterocycles. The van der Waals surface area contributed by atoms with Crippen molar-refractivity contribution in [2.24, 2.45) is 0 Å². The average molecular weight is 442 g/mol. The van der Waals surface area contributed by atoms with Crippen LogP contribution in [0.2, 0.25) is 5.02 Å². The highest BCUT2D eigenvalue weighted by Crippen LogP contribution is 2.38. The number of hydrogen-bond acceptors (Lipinski definition) is 6. The van der Waals surface area contributed by atoms with Gasteiger partial charge in [0.1, 0.15) is 16.5 Å². The van der Waals surface area contributed by atoms with Crippen LogP contribution < -0.4 is 0 Å². The first-order valence-electron chi connectivity index (χ1n) is 9.05. The Balaban J connectivity index is 1.76. The SMILES string of the molecule is CC(C)(O)c1ccc(-c2nc(-c3ccc(F)cc3)oc2Sc2ccc(Cl)cn2)nc1. The van der Waals surface area contributed by atoms with Crippen LogP contribution in [0.1, 0.15) is 19.4 Å². The fourth-order valence-corrected chi connectivity index (χ4v) is 3.58. The van der Waals surface area contributed by atoms with Crippen LogP contribution >= 0.6 is 23.4 Å². The molecule has 0 unspecified atom stereocenters. The molecule has 0 radical (unpaired) electrons. The highest BCUT2D eigenvalue weighted by atomic mass is 35.5. The lowest BCUT2D eigenvalue weighted by atomic mass is 10.0. The number of halogens is 2. The molecule has 3 aromatic heterocycles. The molecule has 0 bridgehead atoms. The van der Waals surface area contributed by atoms with E-state index in [4.69, 9.17) is 16.0 Å². The summed E-state index contributed by atoms with van der Waals surface area (Å²) >= 11 is 7.21. The zero-order valence-corrected chi connectivity index (χ0v) is 17.7. The van der Waals surface area contributed by atoms with Gasteiger partial charge in [0.2, 0.25) is 5.89 Å². The topological polar surface area (TPSA) is 72.0 Å². The lowest BCUT2D eigenvalue weighted by Gasteiger charge is -2.17. The van der Waals surface area contributed by atoms with E-state index >= 15 is 0 Å². The molecule has 8 heteroatoms. The zero-order valence-electron chi connectivity index (χ0n) is 16.1. The van der Waals surface area contributed by atoms with Gasteiger partial charge in [-0.2, -0.15) is 0 Å². The Bertz CT molecular complexity index is 1160. The first kappa shape index (κ1) is 20.5. The molecule has 5 nitrogen and oxygen atoms in total. The number of oxazole rings is 1. The summed E-state index contributed by atoms with van der Waals surface area (Å²) in [5, 5.41) is 11.9. The van der Waals surface area contributed by atoms with Crippen molar-refractivity contribution in [2.75, 3.05) is 0 Å². The number of benzene rings is 1. The van der Waals surface area contributed by atoms with Crippen molar-refractivity contribution in [3.63, 3.8) is 0 Å². The third-order valence-corrected chi connectivity index (χ3v) is 5.43. The van der Waals surface area contributed by atoms with E-state index in [9.17, 15) is 9.50 Å². The molecule has 0 saturated heterocycles. The predicted octanol–water partition coefficient (Wildman–Crippen LogP) is 5.97. The molecule has 30 heavy (non-hydrogen) atoms. The minimum atomic E-state index is -1.00. The van der Waals surface area contributed by atoms with Gasteiger partial charge in [-0.1, -0.05) is 17.7 Å². The third-order valence-electron chi connectivity index (χ3n) is 4.30. The number of rotatable bonds is 5. The second-order valence-corrected chi connectivity index (χ2v) is 8.50. The monoisotopic (exact) mass is 441 g/mol. The quantitative estimate of drug-likeness (QED) is 0.411. The Morgan fingerprint density at radius 3 is 2.37 bits per heavy atom. The highest BCUT2D eigenvalue weighted by molar-refractivity contribution is 7.99. The number of aliphatic hydroxyl groups is 1. The van der Waals surface area contributed by atoms with Crippen LogP contribution in [0, 0.1) is 5.82 Å². The number of nitrogens with zero attached hydrogens (tertiary/aromatic N) is 3. The predicted molar refractivity (Wildman–Crippen MR) is 114 cm³/mol. The third kappa shape index (κ3) is 4.53. The molecule has 0 aliphatic heterocycles. The summed E-state index contributed by atoms with van der Waals surface area (Å²) in [7, 11) is 0. The van der Waals surface area contributed by atoms with E-state index in [1.54, 1.807) is 62.6 Å². The van der Waals surface area contributed by atoms with E-state index in [0.29, 0.717) is 43.5 Å². The van der Waals surface area contributed by atoms with Gasteiger partial charge in [0.05, 0.1) is 16.3 Å². The number of aromatic nitrogens is 3. The molecule has 4 rings (SSSR count). The molecule has 1 aromatic carbocycles. The van der Waals surface area contributed by atoms with Gasteiger partial charge in [0, 0.05) is 23.5 Å². The molecule has 0 atom stereocenters. The van der Waals surface area contributed by atoms with Crippen LogP contribution in [0.15, 0.2) is 75.5 Å². The van der Waals surface area contributed by atoms with Crippen molar-refractivity contribution >= 4 is 23.4 Å². The first-order valence-corrected chi connectivity index (χ1v) is 10.2. The lowest BCUT2D eigenvalue weighted by molar-refractivity contribution is 0.0782. The maximum atomic E-state index is 13.3. The Morgan fingerprint density at radius 1 is 1.00 bits per heavy atom. The Morgan fingerprint density at radius 2 is 1.77 bits per heavy atom. The van der Waals surface area contributed by atoms with E-state index < -0.39 is 5.60 Å². The highest BCUT2D eigenvalue weighted by Gasteiger charge is 2.21. The molecule has 0 aliphatic rings. The van der Waals surface area contributed by atoms with E-state index in [1.807, 2.05) is 0 Å². The molecule has 0 aliphatic carbocycles. The summed E-state index contributed by atoms with van der Waals surface area (Å²) in [6.45, 7) is 3.39. The minimum absolute atomic E-state index is 0.339. The summed E-state index contributed by atoms with van der Waals surface area (Å²) in [5.74, 6) is 0.00388. The lowest BCUT2D eigenvalue weighted by Crippen LogP contribution is -2.15. The maximum Gasteiger partial charge on any atom is 0.228 e. The van der Waals surface area contributed by atoms with Gasteiger partial charge in [-0.05, 0) is 68.1 Å². The van der Waals surface area contributed by atoms with Crippen molar-refractivity contribution in [3.05, 3.63) is 77.3 Å². The van der Waals surface area contributed by atoms with Gasteiger partial charge in [0.25, 0.3) is 0 Å². The fourth-order valence-electron chi connectivity index (χ4n) is 2.67. The van der Waals surface area contributed by atoms with Gasteiger partial charge in [-0.25, -0.2) is 14.4 Å². The van der Waals surface area contributed by atoms with Gasteiger partial charge < -0.3 is 9.52 Å². The molecule has 0 amide bonds. The molecule has 152 valence electrons. The molecule has 1 N–H and O–H groups in total. The summed E-state index contributed by atoms with van der Waals surface area (Å²) in [4.78, 5) is 13.3. The summed E-state index contributed by atoms with van der Waals surface area (Å²) < 4.78 is 19.3. The van der Waals surface area contributed by atoms with Crippen molar-refractivity contribution < 1.29 is 13.9 Å². The van der Waals surface area contributed by atoms with Crippen molar-refractivity contribution in [1.29, 1.82) is 0 Å². The molecule has 0 saturated carbocycles. The van der Waals surface area contributed by atoms with Crippen LogP contribution in [-0.2, 0) is 5.60 Å². The summed E-state index contributed by atoms with van der Waals surface area (Å²) in [6.07, 6.45) is 3.16. The minimum Gasteiger partial charge on any atom is -0.429 e. The molecular formula is C22H17ClFN3O2S. The number of hydrogen-bond donors (Lipinski definition) is 1. The van der Waals surface area contributed by atoms with Gasteiger partial charge in [-0.15, -0.1) is 0 Å². The van der Waals surface area contributed by atoms with Gasteiger partial charge in [-0.3, -0.25) is 4.98 Å². The van der Waals surface area contributed by atoms with Gasteiger partial charge >= 0.3 is 0 Å². The van der Waals surface area contributed by atoms with E-state index in [-0.39, 0.29) is 5.82 Å². The van der Waals surface area contributed by atoms with E-state index in [2.05, 4.69) is 15.0 Å². The van der Waals surface area contributed by atoms with E-state index in [1.165, 1.54) is 23.9 Å². The Labute approximate surface area is 182 Å². The summed E-state index contributed by atoms with van der Waals surface area (Å²) in [6, 6.07) is 13.0. The molecule has 0 fully saturated rings. The van der Waals surface area contributed by atoms with Crippen LogP contribution in [0.3, 0.4) is 0 Å².